The maximum atomic E-state index is 4.48. The zero-order valence-corrected chi connectivity index (χ0v) is 18.5. The lowest BCUT2D eigenvalue weighted by atomic mass is 9.64. The molecule has 2 aromatic rings. The number of nitrogens with zero attached hydrogens (tertiary/aromatic N) is 3. The van der Waals surface area contributed by atoms with Crippen molar-refractivity contribution < 1.29 is 0 Å². The molecular weight excluding hydrogens is 437 g/mol. The number of benzene rings is 1. The van der Waals surface area contributed by atoms with Crippen molar-refractivity contribution in [2.45, 2.75) is 45.1 Å². The minimum absolute atomic E-state index is 0. The van der Waals surface area contributed by atoms with Gasteiger partial charge in [0.2, 0.25) is 0 Å². The van der Waals surface area contributed by atoms with Gasteiger partial charge in [0.1, 0.15) is 0 Å². The number of aromatic nitrogens is 2. The Morgan fingerprint density at radius 2 is 1.88 bits per heavy atom. The SMILES string of the molecule is CN=C(NCc1c(C)nn(C)c1C)NCC1(c2ccccc2)CCC1.I. The summed E-state index contributed by atoms with van der Waals surface area (Å²) < 4.78 is 1.93. The highest BCUT2D eigenvalue weighted by atomic mass is 127. The number of halogens is 1. The van der Waals surface area contributed by atoms with Gasteiger partial charge in [0.05, 0.1) is 5.69 Å². The maximum Gasteiger partial charge on any atom is 0.191 e. The van der Waals surface area contributed by atoms with Gasteiger partial charge in [-0.15, -0.1) is 24.0 Å². The molecule has 0 radical (unpaired) electrons. The lowest BCUT2D eigenvalue weighted by Crippen LogP contribution is -2.48. The first-order valence-electron chi connectivity index (χ1n) is 9.05. The number of nitrogens with one attached hydrogen (secondary N) is 2. The number of aliphatic imine (C=N–C) groups is 1. The Hall–Kier alpha value is -1.57. The van der Waals surface area contributed by atoms with E-state index in [2.05, 4.69) is 64.9 Å². The molecule has 0 amide bonds. The molecule has 1 aromatic carbocycles. The molecule has 2 N–H and O–H groups in total. The molecule has 0 spiro atoms. The van der Waals surface area contributed by atoms with E-state index in [-0.39, 0.29) is 29.4 Å². The molecule has 26 heavy (non-hydrogen) atoms. The van der Waals surface area contributed by atoms with Crippen molar-refractivity contribution in [3.05, 3.63) is 52.8 Å². The number of hydrogen-bond donors (Lipinski definition) is 2. The van der Waals surface area contributed by atoms with E-state index in [0.29, 0.717) is 0 Å². The highest BCUT2D eigenvalue weighted by molar-refractivity contribution is 14.0. The zero-order chi connectivity index (χ0) is 17.9. The third-order valence-corrected chi connectivity index (χ3v) is 5.61. The third-order valence-electron chi connectivity index (χ3n) is 5.61. The van der Waals surface area contributed by atoms with Crippen LogP contribution in [0, 0.1) is 13.8 Å². The summed E-state index contributed by atoms with van der Waals surface area (Å²) in [5.41, 5.74) is 5.19. The van der Waals surface area contributed by atoms with Crippen molar-refractivity contribution >= 4 is 29.9 Å². The Morgan fingerprint density at radius 1 is 1.19 bits per heavy atom. The second-order valence-corrected chi connectivity index (χ2v) is 7.05. The average Bonchev–Trinajstić information content (AvgIpc) is 2.83. The molecular formula is C20H30IN5. The Balaban J connectivity index is 0.00000243. The van der Waals surface area contributed by atoms with Crippen LogP contribution in [-0.4, -0.2) is 29.3 Å². The molecule has 1 saturated carbocycles. The van der Waals surface area contributed by atoms with E-state index in [1.165, 1.54) is 36.1 Å². The number of guanidine groups is 1. The van der Waals surface area contributed by atoms with Crippen LogP contribution in [-0.2, 0) is 19.0 Å². The van der Waals surface area contributed by atoms with E-state index in [9.17, 15) is 0 Å². The summed E-state index contributed by atoms with van der Waals surface area (Å²) >= 11 is 0. The van der Waals surface area contributed by atoms with Crippen LogP contribution in [0.3, 0.4) is 0 Å². The maximum absolute atomic E-state index is 4.48. The molecule has 0 unspecified atom stereocenters. The molecule has 142 valence electrons. The van der Waals surface area contributed by atoms with Crippen LogP contribution in [0.5, 0.6) is 0 Å². The summed E-state index contributed by atoms with van der Waals surface area (Å²) in [7, 11) is 3.81. The van der Waals surface area contributed by atoms with E-state index in [1.807, 2.05) is 18.8 Å². The van der Waals surface area contributed by atoms with Gasteiger partial charge in [0, 0.05) is 43.9 Å². The van der Waals surface area contributed by atoms with Crippen molar-refractivity contribution in [1.29, 1.82) is 0 Å². The summed E-state index contributed by atoms with van der Waals surface area (Å²) in [5, 5.41) is 11.5. The van der Waals surface area contributed by atoms with E-state index in [1.54, 1.807) is 0 Å². The van der Waals surface area contributed by atoms with Crippen LogP contribution in [0.2, 0.25) is 0 Å². The normalized spacial score (nSPS) is 15.8. The van der Waals surface area contributed by atoms with E-state index in [0.717, 1.165) is 24.7 Å². The van der Waals surface area contributed by atoms with Crippen LogP contribution in [0.4, 0.5) is 0 Å². The molecule has 1 aliphatic carbocycles. The lowest BCUT2D eigenvalue weighted by molar-refractivity contribution is 0.244. The van der Waals surface area contributed by atoms with Crippen LogP contribution < -0.4 is 10.6 Å². The fourth-order valence-electron chi connectivity index (χ4n) is 3.68. The molecule has 1 aromatic heterocycles. The number of aryl methyl sites for hydroxylation is 2. The van der Waals surface area contributed by atoms with Crippen LogP contribution in [0.15, 0.2) is 35.3 Å². The highest BCUT2D eigenvalue weighted by Gasteiger charge is 2.38. The molecule has 3 rings (SSSR count). The van der Waals surface area contributed by atoms with Gasteiger partial charge >= 0.3 is 0 Å². The number of rotatable bonds is 5. The molecule has 0 bridgehead atoms. The topological polar surface area (TPSA) is 54.2 Å². The van der Waals surface area contributed by atoms with Crippen molar-refractivity contribution in [3.63, 3.8) is 0 Å². The van der Waals surface area contributed by atoms with Gasteiger partial charge < -0.3 is 10.6 Å². The largest absolute Gasteiger partial charge is 0.356 e. The predicted molar refractivity (Wildman–Crippen MR) is 118 cm³/mol. The minimum Gasteiger partial charge on any atom is -0.356 e. The van der Waals surface area contributed by atoms with Crippen LogP contribution in [0.25, 0.3) is 0 Å². The molecule has 1 aliphatic rings. The van der Waals surface area contributed by atoms with E-state index in [4.69, 9.17) is 0 Å². The fourth-order valence-corrected chi connectivity index (χ4v) is 3.68. The predicted octanol–water partition coefficient (Wildman–Crippen LogP) is 3.44. The molecule has 0 aliphatic heterocycles. The molecule has 6 heteroatoms. The zero-order valence-electron chi connectivity index (χ0n) is 16.2. The highest BCUT2D eigenvalue weighted by Crippen LogP contribution is 2.43. The molecule has 0 saturated heterocycles. The first kappa shape index (κ1) is 20.7. The molecule has 1 heterocycles. The second-order valence-electron chi connectivity index (χ2n) is 7.05. The summed E-state index contributed by atoms with van der Waals surface area (Å²) in [6.07, 6.45) is 3.78. The molecule has 1 fully saturated rings. The average molecular weight is 467 g/mol. The Bertz CT molecular complexity index is 747. The number of hydrogen-bond acceptors (Lipinski definition) is 2. The lowest BCUT2D eigenvalue weighted by Gasteiger charge is -2.43. The third kappa shape index (κ3) is 4.22. The van der Waals surface area contributed by atoms with Crippen molar-refractivity contribution in [2.24, 2.45) is 12.0 Å². The monoisotopic (exact) mass is 467 g/mol. The summed E-state index contributed by atoms with van der Waals surface area (Å²) in [4.78, 5) is 4.39. The fraction of sp³-hybridized carbons (Fsp3) is 0.500. The first-order valence-corrected chi connectivity index (χ1v) is 9.05. The quantitative estimate of drug-likeness (QED) is 0.403. The Labute approximate surface area is 173 Å². The summed E-state index contributed by atoms with van der Waals surface area (Å²) in [5.74, 6) is 0.852. The van der Waals surface area contributed by atoms with Gasteiger partial charge in [-0.25, -0.2) is 0 Å². The molecule has 5 nitrogen and oxygen atoms in total. The summed E-state index contributed by atoms with van der Waals surface area (Å²) in [6, 6.07) is 10.9. The Morgan fingerprint density at radius 3 is 2.38 bits per heavy atom. The van der Waals surface area contributed by atoms with Gasteiger partial charge in [-0.2, -0.15) is 5.10 Å². The van der Waals surface area contributed by atoms with E-state index >= 15 is 0 Å². The van der Waals surface area contributed by atoms with Crippen LogP contribution >= 0.6 is 24.0 Å². The van der Waals surface area contributed by atoms with E-state index < -0.39 is 0 Å². The minimum atomic E-state index is 0. The van der Waals surface area contributed by atoms with Crippen LogP contribution in [0.1, 0.15) is 41.8 Å². The van der Waals surface area contributed by atoms with Gasteiger partial charge in [-0.05, 0) is 32.3 Å². The molecule has 0 atom stereocenters. The van der Waals surface area contributed by atoms with Gasteiger partial charge in [0.15, 0.2) is 5.96 Å². The van der Waals surface area contributed by atoms with Crippen molar-refractivity contribution in [3.8, 4) is 0 Å². The van der Waals surface area contributed by atoms with Gasteiger partial charge in [-0.1, -0.05) is 36.8 Å². The smallest absolute Gasteiger partial charge is 0.191 e. The van der Waals surface area contributed by atoms with Crippen molar-refractivity contribution in [1.82, 2.24) is 20.4 Å². The first-order chi connectivity index (χ1) is 12.1. The van der Waals surface area contributed by atoms with Crippen molar-refractivity contribution in [2.75, 3.05) is 13.6 Å². The summed E-state index contributed by atoms with van der Waals surface area (Å²) in [6.45, 7) is 5.82. The Kier molecular flexibility index (Phi) is 7.08. The van der Waals surface area contributed by atoms with Gasteiger partial charge in [-0.3, -0.25) is 9.67 Å². The standard InChI is InChI=1S/C20H29N5.HI/c1-15-18(16(2)25(4)24-15)13-22-19(21-3)23-14-20(11-8-12-20)17-9-6-5-7-10-17;/h5-7,9-10H,8,11-14H2,1-4H3,(H2,21,22,23);1H. The van der Waals surface area contributed by atoms with Gasteiger partial charge in [0.25, 0.3) is 0 Å². The second kappa shape index (κ2) is 8.88.